The van der Waals surface area contributed by atoms with Gasteiger partial charge in [0.05, 0.1) is 25.0 Å². The summed E-state index contributed by atoms with van der Waals surface area (Å²) in [6, 6.07) is 8.94. The summed E-state index contributed by atoms with van der Waals surface area (Å²) in [7, 11) is 0. The molecular weight excluding hydrogens is 308 g/mol. The summed E-state index contributed by atoms with van der Waals surface area (Å²) in [4.78, 5) is 16.6. The average molecular weight is 326 g/mol. The molecule has 2 heterocycles. The average Bonchev–Trinajstić information content (AvgIpc) is 3.20. The molecule has 0 aliphatic heterocycles. The lowest BCUT2D eigenvalue weighted by molar-refractivity contribution is -0.115. The van der Waals surface area contributed by atoms with E-state index in [0.717, 1.165) is 11.1 Å². The Bertz CT molecular complexity index is 850. The highest BCUT2D eigenvalue weighted by molar-refractivity contribution is 5.93. The van der Waals surface area contributed by atoms with E-state index >= 15 is 0 Å². The van der Waals surface area contributed by atoms with E-state index in [1.807, 2.05) is 19.1 Å². The fraction of sp³-hybridized carbons (Fsp3) is 0.222. The fourth-order valence-corrected chi connectivity index (χ4v) is 2.35. The number of aliphatic hydroxyl groups excluding tert-OH is 1. The van der Waals surface area contributed by atoms with Crippen LogP contribution in [0.4, 0.5) is 5.69 Å². The Hall–Kier alpha value is -2.86. The summed E-state index contributed by atoms with van der Waals surface area (Å²) < 4.78 is 10.8. The number of nitrogens with zero attached hydrogens (tertiary/aromatic N) is 1. The van der Waals surface area contributed by atoms with Crippen LogP contribution in [0.5, 0.6) is 0 Å². The second kappa shape index (κ2) is 6.72. The highest BCUT2D eigenvalue weighted by Crippen LogP contribution is 2.23. The van der Waals surface area contributed by atoms with Gasteiger partial charge in [-0.05, 0) is 43.2 Å². The molecule has 0 unspecified atom stereocenters. The second-order valence-corrected chi connectivity index (χ2v) is 5.53. The van der Waals surface area contributed by atoms with E-state index in [0.29, 0.717) is 28.8 Å². The number of benzene rings is 1. The number of rotatable bonds is 5. The van der Waals surface area contributed by atoms with Gasteiger partial charge in [0.1, 0.15) is 5.76 Å². The maximum atomic E-state index is 12.3. The lowest BCUT2D eigenvalue weighted by Crippen LogP contribution is -2.16. The fourth-order valence-electron chi connectivity index (χ4n) is 2.35. The molecule has 1 aromatic carbocycles. The van der Waals surface area contributed by atoms with Gasteiger partial charge >= 0.3 is 0 Å². The topological polar surface area (TPSA) is 88.5 Å². The Labute approximate surface area is 139 Å². The molecule has 3 aromatic rings. The second-order valence-electron chi connectivity index (χ2n) is 5.53. The van der Waals surface area contributed by atoms with Crippen LogP contribution in [0.25, 0.3) is 11.7 Å². The van der Waals surface area contributed by atoms with Gasteiger partial charge in [-0.3, -0.25) is 4.79 Å². The smallest absolute Gasteiger partial charge is 0.263 e. The Kier molecular flexibility index (Phi) is 4.48. The number of anilines is 1. The number of aryl methyl sites for hydroxylation is 2. The summed E-state index contributed by atoms with van der Waals surface area (Å²) in [6.07, 6.45) is 1.64. The largest absolute Gasteiger partial charge is 0.459 e. The Morgan fingerprint density at radius 1 is 1.29 bits per heavy atom. The summed E-state index contributed by atoms with van der Waals surface area (Å²) in [5, 5.41) is 12.1. The number of hydrogen-bond acceptors (Lipinski definition) is 5. The Balaban J connectivity index is 1.74. The van der Waals surface area contributed by atoms with Gasteiger partial charge in [0.15, 0.2) is 5.76 Å². The normalized spacial score (nSPS) is 10.8. The first-order chi connectivity index (χ1) is 11.6. The lowest BCUT2D eigenvalue weighted by Gasteiger charge is -2.09. The zero-order chi connectivity index (χ0) is 17.1. The Morgan fingerprint density at radius 3 is 2.83 bits per heavy atom. The monoisotopic (exact) mass is 326 g/mol. The molecule has 6 nitrogen and oxygen atoms in total. The Morgan fingerprint density at radius 2 is 2.12 bits per heavy atom. The predicted octanol–water partition coefficient (Wildman–Crippen LogP) is 3.22. The van der Waals surface area contributed by atoms with E-state index in [9.17, 15) is 9.90 Å². The molecule has 2 aromatic heterocycles. The minimum atomic E-state index is -0.199. The van der Waals surface area contributed by atoms with Gasteiger partial charge in [0, 0.05) is 5.69 Å². The molecule has 0 bridgehead atoms. The van der Waals surface area contributed by atoms with E-state index in [4.69, 9.17) is 8.83 Å². The van der Waals surface area contributed by atoms with Crippen molar-refractivity contribution in [2.75, 3.05) is 5.32 Å². The molecule has 0 aliphatic carbocycles. The van der Waals surface area contributed by atoms with Crippen molar-refractivity contribution in [2.24, 2.45) is 0 Å². The number of amides is 1. The third-order valence-corrected chi connectivity index (χ3v) is 3.71. The molecular formula is C18H18N2O4. The molecule has 24 heavy (non-hydrogen) atoms. The SMILES string of the molecule is Cc1ccc(CO)cc1NC(=O)Cc1nc(-c2ccco2)oc1C. The highest BCUT2D eigenvalue weighted by atomic mass is 16.4. The van der Waals surface area contributed by atoms with Gasteiger partial charge in [-0.15, -0.1) is 0 Å². The number of nitrogens with one attached hydrogen (secondary N) is 1. The van der Waals surface area contributed by atoms with E-state index < -0.39 is 0 Å². The van der Waals surface area contributed by atoms with Gasteiger partial charge in [-0.2, -0.15) is 0 Å². The number of aliphatic hydroxyl groups is 1. The van der Waals surface area contributed by atoms with Crippen LogP contribution in [0.3, 0.4) is 0 Å². The van der Waals surface area contributed by atoms with Crippen molar-refractivity contribution in [3.05, 3.63) is 59.2 Å². The van der Waals surface area contributed by atoms with E-state index in [-0.39, 0.29) is 18.9 Å². The quantitative estimate of drug-likeness (QED) is 0.751. The molecule has 1 amide bonds. The maximum Gasteiger partial charge on any atom is 0.263 e. The molecule has 6 heteroatoms. The predicted molar refractivity (Wildman–Crippen MR) is 88.4 cm³/mol. The molecule has 0 fully saturated rings. The van der Waals surface area contributed by atoms with E-state index in [2.05, 4.69) is 10.3 Å². The molecule has 0 aliphatic rings. The van der Waals surface area contributed by atoms with E-state index in [1.165, 1.54) is 6.26 Å². The zero-order valence-electron chi connectivity index (χ0n) is 13.5. The minimum Gasteiger partial charge on any atom is -0.459 e. The number of carbonyl (C=O) groups is 1. The summed E-state index contributed by atoms with van der Waals surface area (Å²) in [5.41, 5.74) is 2.91. The summed E-state index contributed by atoms with van der Waals surface area (Å²) in [6.45, 7) is 3.59. The van der Waals surface area contributed by atoms with Crippen LogP contribution in [-0.2, 0) is 17.8 Å². The van der Waals surface area contributed by atoms with Crippen LogP contribution in [0.1, 0.15) is 22.6 Å². The van der Waals surface area contributed by atoms with Gasteiger partial charge < -0.3 is 19.3 Å². The van der Waals surface area contributed by atoms with E-state index in [1.54, 1.807) is 25.1 Å². The van der Waals surface area contributed by atoms with Crippen molar-refractivity contribution in [1.29, 1.82) is 0 Å². The van der Waals surface area contributed by atoms with Crippen molar-refractivity contribution in [3.8, 4) is 11.7 Å². The van der Waals surface area contributed by atoms with Gasteiger partial charge in [-0.1, -0.05) is 12.1 Å². The molecule has 0 spiro atoms. The van der Waals surface area contributed by atoms with Gasteiger partial charge in [0.2, 0.25) is 5.91 Å². The first-order valence-corrected chi connectivity index (χ1v) is 7.57. The number of furan rings is 1. The molecule has 0 saturated carbocycles. The maximum absolute atomic E-state index is 12.3. The summed E-state index contributed by atoms with van der Waals surface area (Å²) in [5.74, 6) is 1.27. The lowest BCUT2D eigenvalue weighted by atomic mass is 10.1. The molecule has 0 radical (unpaired) electrons. The molecule has 124 valence electrons. The van der Waals surface area contributed by atoms with Crippen LogP contribution in [0.2, 0.25) is 0 Å². The molecule has 2 N–H and O–H groups in total. The number of oxazole rings is 1. The molecule has 3 rings (SSSR count). The standard InChI is InChI=1S/C18H18N2O4/c1-11-5-6-13(10-21)8-14(11)19-17(22)9-15-12(2)24-18(20-15)16-4-3-7-23-16/h3-8,21H,9-10H2,1-2H3,(H,19,22). The van der Waals surface area contributed by atoms with Gasteiger partial charge in [0.25, 0.3) is 5.89 Å². The third kappa shape index (κ3) is 3.38. The minimum absolute atomic E-state index is 0.0714. The third-order valence-electron chi connectivity index (χ3n) is 3.71. The van der Waals surface area contributed by atoms with Crippen molar-refractivity contribution >= 4 is 11.6 Å². The van der Waals surface area contributed by atoms with Crippen molar-refractivity contribution in [3.63, 3.8) is 0 Å². The number of carbonyl (C=O) groups excluding carboxylic acids is 1. The van der Waals surface area contributed by atoms with Crippen LogP contribution >= 0.6 is 0 Å². The van der Waals surface area contributed by atoms with Crippen molar-refractivity contribution in [1.82, 2.24) is 4.98 Å². The van der Waals surface area contributed by atoms with Crippen LogP contribution in [0, 0.1) is 13.8 Å². The number of aromatic nitrogens is 1. The number of hydrogen-bond donors (Lipinski definition) is 2. The highest BCUT2D eigenvalue weighted by Gasteiger charge is 2.16. The molecule has 0 saturated heterocycles. The van der Waals surface area contributed by atoms with Gasteiger partial charge in [-0.25, -0.2) is 4.98 Å². The summed E-state index contributed by atoms with van der Waals surface area (Å²) >= 11 is 0. The van der Waals surface area contributed by atoms with Crippen molar-refractivity contribution < 1.29 is 18.7 Å². The van der Waals surface area contributed by atoms with Crippen LogP contribution in [-0.4, -0.2) is 16.0 Å². The van der Waals surface area contributed by atoms with Crippen LogP contribution in [0.15, 0.2) is 45.4 Å². The molecule has 0 atom stereocenters. The first kappa shape index (κ1) is 16.0. The van der Waals surface area contributed by atoms with Crippen LogP contribution < -0.4 is 5.32 Å². The van der Waals surface area contributed by atoms with Crippen molar-refractivity contribution in [2.45, 2.75) is 26.9 Å². The first-order valence-electron chi connectivity index (χ1n) is 7.57. The zero-order valence-corrected chi connectivity index (χ0v) is 13.5.